The molecule has 0 spiro atoms. The second-order valence-electron chi connectivity index (χ2n) is 17.1. The van der Waals surface area contributed by atoms with Crippen molar-refractivity contribution in [2.45, 2.75) is 37.5 Å². The third-order valence-electron chi connectivity index (χ3n) is 14.2. The van der Waals surface area contributed by atoms with Crippen LogP contribution in [-0.4, -0.2) is 9.13 Å². The Morgan fingerprint density at radius 2 is 1.10 bits per heavy atom. The Balaban J connectivity index is 1.15. The average molecular weight is 806 g/mol. The van der Waals surface area contributed by atoms with Crippen molar-refractivity contribution < 1.29 is 0 Å². The predicted molar refractivity (Wildman–Crippen MR) is 255 cm³/mol. The summed E-state index contributed by atoms with van der Waals surface area (Å²) in [4.78, 5) is 4.12. The van der Waals surface area contributed by atoms with Gasteiger partial charge in [0.25, 0.3) is 0 Å². The summed E-state index contributed by atoms with van der Waals surface area (Å²) in [5.41, 5.74) is 14.2. The van der Waals surface area contributed by atoms with Crippen LogP contribution in [0.4, 0.5) is 5.69 Å². The van der Waals surface area contributed by atoms with Gasteiger partial charge in [0.1, 0.15) is 0 Å². The van der Waals surface area contributed by atoms with Crippen LogP contribution in [0, 0.1) is 35.2 Å². The maximum atomic E-state index is 11.1. The van der Waals surface area contributed by atoms with E-state index >= 15 is 0 Å². The van der Waals surface area contributed by atoms with Gasteiger partial charge in [-0.3, -0.25) is 0 Å². The summed E-state index contributed by atoms with van der Waals surface area (Å²) >= 11 is 0. The largest absolute Gasteiger partial charge is 0.319 e. The molecule has 0 aliphatic heterocycles. The molecule has 5 heteroatoms. The molecular formula is C58H39N5. The van der Waals surface area contributed by atoms with Gasteiger partial charge in [0, 0.05) is 32.5 Å². The summed E-state index contributed by atoms with van der Waals surface area (Å²) < 4.78 is 4.42. The first-order valence-electron chi connectivity index (χ1n) is 21.9. The summed E-state index contributed by atoms with van der Waals surface area (Å²) in [6.07, 6.45) is 6.01. The topological polar surface area (TPSA) is 61.8 Å². The fourth-order valence-electron chi connectivity index (χ4n) is 11.7. The fraction of sp³-hybridized carbons (Fsp3) is 0.121. The van der Waals surface area contributed by atoms with E-state index in [1.54, 1.807) is 0 Å². The van der Waals surface area contributed by atoms with E-state index in [9.17, 15) is 10.5 Å². The van der Waals surface area contributed by atoms with Gasteiger partial charge in [-0.15, -0.1) is 0 Å². The zero-order valence-corrected chi connectivity index (χ0v) is 34.5. The third-order valence-corrected chi connectivity index (χ3v) is 14.2. The van der Waals surface area contributed by atoms with Gasteiger partial charge >= 0.3 is 0 Å². The third kappa shape index (κ3) is 5.13. The van der Waals surface area contributed by atoms with Gasteiger partial charge in [-0.2, -0.15) is 10.5 Å². The molecule has 8 aromatic carbocycles. The van der Waals surface area contributed by atoms with E-state index in [4.69, 9.17) is 6.57 Å². The molecule has 0 amide bonds. The first kappa shape index (κ1) is 36.7. The zero-order chi connectivity index (χ0) is 42.2. The van der Waals surface area contributed by atoms with Crippen LogP contribution in [0.3, 0.4) is 0 Å². The molecular weight excluding hydrogens is 767 g/mol. The van der Waals surface area contributed by atoms with Crippen molar-refractivity contribution in [3.8, 4) is 45.8 Å². The maximum Gasteiger partial charge on any atom is 0.228 e. The standard InChI is InChI=1S/C58H39N5/c1-61-57-48(36-60)40(30-31-54(57)62-51-25-13-9-21-42(51)43-22-10-14-26-52(43)62)45-29-28-37(35-59)32-55(45)63-53-27-15-11-23-44(53)47-33-46-41-20-8-12-24-49(41)58(50(46)34-56(47)63,38-16-4-2-5-17-38)39-18-6-3-7-19-39/h2,4-5,8-17,20-34,39H,3,6-7,18-19H2. The molecule has 2 heterocycles. The Hall–Kier alpha value is -8.17. The van der Waals surface area contributed by atoms with Crippen molar-refractivity contribution in [3.63, 3.8) is 0 Å². The molecule has 0 bridgehead atoms. The van der Waals surface area contributed by atoms with E-state index < -0.39 is 0 Å². The van der Waals surface area contributed by atoms with Gasteiger partial charge in [-0.1, -0.05) is 141 Å². The Kier molecular flexibility index (Phi) is 8.27. The number of nitrogens with zero attached hydrogens (tertiary/aromatic N) is 5. The Bertz CT molecular complexity index is 3600. The molecule has 0 saturated heterocycles. The van der Waals surface area contributed by atoms with Crippen molar-refractivity contribution in [3.05, 3.63) is 209 Å². The molecule has 0 radical (unpaired) electrons. The number of hydrogen-bond acceptors (Lipinski definition) is 2. The van der Waals surface area contributed by atoms with E-state index in [1.165, 1.54) is 47.1 Å². The van der Waals surface area contributed by atoms with Crippen LogP contribution in [0.1, 0.15) is 59.9 Å². The van der Waals surface area contributed by atoms with Crippen LogP contribution in [0.5, 0.6) is 0 Å². The lowest BCUT2D eigenvalue weighted by molar-refractivity contribution is 0.275. The highest BCUT2D eigenvalue weighted by molar-refractivity contribution is 6.13. The van der Waals surface area contributed by atoms with Gasteiger partial charge in [0.15, 0.2) is 0 Å². The van der Waals surface area contributed by atoms with Crippen molar-refractivity contribution in [1.82, 2.24) is 9.13 Å². The smallest absolute Gasteiger partial charge is 0.228 e. The molecule has 63 heavy (non-hydrogen) atoms. The lowest BCUT2D eigenvalue weighted by atomic mass is 9.60. The van der Waals surface area contributed by atoms with Crippen molar-refractivity contribution in [2.24, 2.45) is 5.92 Å². The highest BCUT2D eigenvalue weighted by Crippen LogP contribution is 2.60. The van der Waals surface area contributed by atoms with Gasteiger partial charge < -0.3 is 9.13 Å². The van der Waals surface area contributed by atoms with E-state index in [-0.39, 0.29) is 11.1 Å². The molecule has 2 aromatic heterocycles. The quantitative estimate of drug-likeness (QED) is 0.163. The average Bonchev–Trinajstić information content (AvgIpc) is 3.97. The lowest BCUT2D eigenvalue weighted by Gasteiger charge is -2.42. The highest BCUT2D eigenvalue weighted by Gasteiger charge is 2.50. The first-order chi connectivity index (χ1) is 31.1. The van der Waals surface area contributed by atoms with Crippen molar-refractivity contribution in [2.75, 3.05) is 0 Å². The van der Waals surface area contributed by atoms with Crippen molar-refractivity contribution in [1.29, 1.82) is 10.5 Å². The number of nitriles is 2. The molecule has 296 valence electrons. The van der Waals surface area contributed by atoms with Crippen LogP contribution in [0.15, 0.2) is 170 Å². The predicted octanol–water partition coefficient (Wildman–Crippen LogP) is 14.7. The summed E-state index contributed by atoms with van der Waals surface area (Å²) in [5.74, 6) is 0.419. The number of benzene rings is 8. The lowest BCUT2D eigenvalue weighted by Crippen LogP contribution is -2.37. The number of para-hydroxylation sites is 3. The fourth-order valence-corrected chi connectivity index (χ4v) is 11.7. The first-order valence-corrected chi connectivity index (χ1v) is 21.9. The second-order valence-corrected chi connectivity index (χ2v) is 17.1. The highest BCUT2D eigenvalue weighted by atomic mass is 15.0. The molecule has 12 rings (SSSR count). The normalized spacial score (nSPS) is 15.9. The molecule has 5 nitrogen and oxygen atoms in total. The maximum absolute atomic E-state index is 11.1. The number of aromatic nitrogens is 2. The summed E-state index contributed by atoms with van der Waals surface area (Å²) in [6.45, 7) is 8.61. The van der Waals surface area contributed by atoms with Gasteiger partial charge in [-0.25, -0.2) is 4.85 Å². The molecule has 2 aliphatic rings. The minimum absolute atomic E-state index is 0.287. The van der Waals surface area contributed by atoms with Gasteiger partial charge in [-0.05, 0) is 101 Å². The van der Waals surface area contributed by atoms with Crippen LogP contribution in [0.25, 0.3) is 82.1 Å². The van der Waals surface area contributed by atoms with E-state index in [1.807, 2.05) is 54.6 Å². The number of rotatable bonds is 5. The van der Waals surface area contributed by atoms with Crippen LogP contribution < -0.4 is 0 Å². The van der Waals surface area contributed by atoms with E-state index in [0.717, 1.165) is 67.7 Å². The molecule has 2 aliphatic carbocycles. The van der Waals surface area contributed by atoms with Crippen molar-refractivity contribution >= 4 is 49.3 Å². The zero-order valence-electron chi connectivity index (χ0n) is 34.5. The SMILES string of the molecule is [C-]#[N+]c1c(-n2c3ccccc3c3ccccc32)ccc(-c2ccc(C#N)cc2-n2c3ccccc3c3cc4c(cc32)C(c2ccccc2)(C2CCCCC2)c2ccccc2-4)c1C#N. The van der Waals surface area contributed by atoms with Crippen LogP contribution in [-0.2, 0) is 5.41 Å². The summed E-state index contributed by atoms with van der Waals surface area (Å²) in [6, 6.07) is 64.7. The Morgan fingerprint density at radius 1 is 0.492 bits per heavy atom. The molecule has 1 unspecified atom stereocenters. The van der Waals surface area contributed by atoms with Gasteiger partial charge in [0.05, 0.1) is 63.3 Å². The minimum atomic E-state index is -0.346. The Morgan fingerprint density at radius 3 is 1.76 bits per heavy atom. The van der Waals surface area contributed by atoms with Crippen LogP contribution >= 0.6 is 0 Å². The van der Waals surface area contributed by atoms with E-state index in [2.05, 4.69) is 141 Å². The van der Waals surface area contributed by atoms with E-state index in [0.29, 0.717) is 28.3 Å². The number of hydrogen-bond donors (Lipinski definition) is 0. The molecule has 1 saturated carbocycles. The van der Waals surface area contributed by atoms with Gasteiger partial charge in [0.2, 0.25) is 5.69 Å². The minimum Gasteiger partial charge on any atom is -0.319 e. The molecule has 0 N–H and O–H groups in total. The number of fused-ring (bicyclic) bond motifs is 9. The molecule has 1 atom stereocenters. The molecule has 10 aromatic rings. The second kappa shape index (κ2) is 14.2. The molecule has 1 fully saturated rings. The summed E-state index contributed by atoms with van der Waals surface area (Å²) in [7, 11) is 0. The van der Waals surface area contributed by atoms with Crippen LogP contribution in [0.2, 0.25) is 0 Å². The Labute approximate surface area is 365 Å². The summed E-state index contributed by atoms with van der Waals surface area (Å²) in [5, 5.41) is 26.0. The monoisotopic (exact) mass is 805 g/mol.